The van der Waals surface area contributed by atoms with E-state index >= 15 is 0 Å². The van der Waals surface area contributed by atoms with E-state index in [4.69, 9.17) is 10.6 Å². The first-order valence-electron chi connectivity index (χ1n) is 11.1. The summed E-state index contributed by atoms with van der Waals surface area (Å²) >= 11 is 0. The molecule has 13 heteroatoms. The molecule has 1 atom stereocenters. The maximum Gasteiger partial charge on any atom is 0.408 e. The largest absolute Gasteiger partial charge is 0.430 e. The summed E-state index contributed by atoms with van der Waals surface area (Å²) in [6.07, 6.45) is 10.2. The lowest BCUT2D eigenvalue weighted by Crippen LogP contribution is -2.34. The number of carbonyl (C=O) groups is 1. The number of pyridine rings is 1. The van der Waals surface area contributed by atoms with E-state index in [9.17, 15) is 13.6 Å². The fourth-order valence-corrected chi connectivity index (χ4v) is 3.23. The number of fused-ring (bicyclic) bond motifs is 1. The average Bonchev–Trinajstić information content (AvgIpc) is 3.28. The van der Waals surface area contributed by atoms with Crippen LogP contribution in [0.3, 0.4) is 0 Å². The van der Waals surface area contributed by atoms with Crippen molar-refractivity contribution in [2.75, 3.05) is 5.32 Å². The van der Waals surface area contributed by atoms with E-state index in [0.717, 1.165) is 0 Å². The van der Waals surface area contributed by atoms with E-state index in [1.807, 2.05) is 0 Å². The lowest BCUT2D eigenvalue weighted by atomic mass is 10.1. The molecule has 0 fully saturated rings. The van der Waals surface area contributed by atoms with Gasteiger partial charge in [-0.1, -0.05) is 24.8 Å². The molecule has 1 amide bonds. The highest BCUT2D eigenvalue weighted by Crippen LogP contribution is 2.29. The second kappa shape index (κ2) is 12.6. The molecule has 0 spiro atoms. The number of aliphatic imine (C=N–C) groups is 1. The number of halogens is 2. The minimum Gasteiger partial charge on any atom is -0.430 e. The van der Waals surface area contributed by atoms with Gasteiger partial charge in [-0.15, -0.1) is 0 Å². The minimum atomic E-state index is -3.44. The Morgan fingerprint density at radius 1 is 1.32 bits per heavy atom. The van der Waals surface area contributed by atoms with E-state index in [-0.39, 0.29) is 23.2 Å². The van der Waals surface area contributed by atoms with Crippen LogP contribution in [0, 0.1) is 0 Å². The third-order valence-electron chi connectivity index (χ3n) is 4.72. The average molecular weight is 541 g/mol. The number of hydrogen-bond donors (Lipinski definition) is 4. The van der Waals surface area contributed by atoms with Crippen molar-refractivity contribution in [1.29, 1.82) is 0 Å². The number of nitrogens with zero attached hydrogens (tertiary/aromatic N) is 3. The highest BCUT2D eigenvalue weighted by atomic mass is 31.0. The molecule has 10 nitrogen and oxygen atoms in total. The molecule has 0 saturated carbocycles. The second-order valence-corrected chi connectivity index (χ2v) is 8.31. The first kappa shape index (κ1) is 28.0. The van der Waals surface area contributed by atoms with Gasteiger partial charge in [-0.2, -0.15) is 14.3 Å². The van der Waals surface area contributed by atoms with Gasteiger partial charge in [0.25, 0.3) is 5.91 Å². The van der Waals surface area contributed by atoms with E-state index in [1.54, 1.807) is 50.3 Å². The van der Waals surface area contributed by atoms with Crippen molar-refractivity contribution < 1.29 is 23.1 Å². The van der Waals surface area contributed by atoms with Gasteiger partial charge in [0.05, 0.1) is 11.1 Å². The number of nitrogens with one attached hydrogen (secondary N) is 3. The number of para-hydroxylation sites is 1. The number of allylic oxidation sites excluding steroid dienone is 5. The van der Waals surface area contributed by atoms with Crippen molar-refractivity contribution in [3.8, 4) is 5.75 Å². The third-order valence-corrected chi connectivity index (χ3v) is 4.84. The molecule has 0 bridgehead atoms. The summed E-state index contributed by atoms with van der Waals surface area (Å²) in [4.78, 5) is 33.6. The van der Waals surface area contributed by atoms with Crippen LogP contribution >= 0.6 is 9.24 Å². The van der Waals surface area contributed by atoms with E-state index in [2.05, 4.69) is 42.1 Å². The number of amides is 1. The molecule has 3 rings (SSSR count). The van der Waals surface area contributed by atoms with E-state index in [0.29, 0.717) is 27.9 Å². The Labute approximate surface area is 219 Å². The fourth-order valence-electron chi connectivity index (χ4n) is 3.10. The van der Waals surface area contributed by atoms with Gasteiger partial charge < -0.3 is 20.3 Å². The molecular weight excluding hydrogens is 515 g/mol. The number of hydrogen-bond acceptors (Lipinski definition) is 6. The van der Waals surface area contributed by atoms with Crippen LogP contribution < -0.4 is 21.4 Å². The molecule has 3 aromatic rings. The number of ether oxygens (including phenoxy) is 1. The summed E-state index contributed by atoms with van der Waals surface area (Å²) in [6, 6.07) is 6.70. The molecule has 38 heavy (non-hydrogen) atoms. The standard InChI is InChI=1S/C25H26F2N7O3P/c1-4-6-8-18(36-25(26,27)38)11-15(3)16-12-17(14-29-13-16)22(35)33-24-31-19-9-7-10-20(21(19)32-24)37-34-23(28)30-5-2/h4-14H,2,38H2,1,3H3,(H3,28,30,34)(H2,31,32,33,35)/b6-4-,15-11+,18-8+. The normalized spacial score (nSPS) is 13.0. The van der Waals surface area contributed by atoms with Gasteiger partial charge in [0.15, 0.2) is 5.75 Å². The Kier molecular flexibility index (Phi) is 9.28. The number of guanidine groups is 1. The van der Waals surface area contributed by atoms with Gasteiger partial charge >= 0.3 is 5.85 Å². The lowest BCUT2D eigenvalue weighted by Gasteiger charge is -2.14. The summed E-state index contributed by atoms with van der Waals surface area (Å²) in [6.45, 7) is 6.88. The highest BCUT2D eigenvalue weighted by Gasteiger charge is 2.24. The van der Waals surface area contributed by atoms with Gasteiger partial charge in [0.2, 0.25) is 11.9 Å². The summed E-state index contributed by atoms with van der Waals surface area (Å²) in [5.74, 6) is -3.50. The van der Waals surface area contributed by atoms with Crippen LogP contribution in [0.4, 0.5) is 14.7 Å². The zero-order valence-electron chi connectivity index (χ0n) is 20.5. The van der Waals surface area contributed by atoms with Gasteiger partial charge in [-0.3, -0.25) is 15.1 Å². The Morgan fingerprint density at radius 3 is 2.79 bits per heavy atom. The Hall–Kier alpha value is -4.57. The maximum absolute atomic E-state index is 13.4. The number of H-pyrrole nitrogens is 1. The number of nitrogens with two attached hydrogens (primary N) is 1. The van der Waals surface area contributed by atoms with Crippen LogP contribution in [0.1, 0.15) is 29.8 Å². The molecule has 2 heterocycles. The van der Waals surface area contributed by atoms with Gasteiger partial charge in [0, 0.05) is 18.6 Å². The van der Waals surface area contributed by atoms with Gasteiger partial charge in [-0.25, -0.2) is 9.98 Å². The maximum atomic E-state index is 13.4. The highest BCUT2D eigenvalue weighted by molar-refractivity contribution is 7.17. The number of aromatic nitrogens is 3. The molecular formula is C25H26F2N7O3P. The van der Waals surface area contributed by atoms with E-state index in [1.165, 1.54) is 40.0 Å². The predicted molar refractivity (Wildman–Crippen MR) is 146 cm³/mol. The molecule has 1 unspecified atom stereocenters. The Bertz CT molecular complexity index is 1440. The molecule has 2 aromatic heterocycles. The van der Waals surface area contributed by atoms with Gasteiger partial charge in [0.1, 0.15) is 11.3 Å². The van der Waals surface area contributed by atoms with Crippen molar-refractivity contribution in [3.05, 3.63) is 90.6 Å². The number of anilines is 1. The quantitative estimate of drug-likeness (QED) is 0.0718. The molecule has 0 aliphatic carbocycles. The summed E-state index contributed by atoms with van der Waals surface area (Å²) in [7, 11) is 1.33. The number of carbonyl (C=O) groups excluding carboxylic acids is 1. The second-order valence-electron chi connectivity index (χ2n) is 7.64. The summed E-state index contributed by atoms with van der Waals surface area (Å²) < 4.78 is 31.5. The fraction of sp³-hybridized carbons (Fsp3) is 0.120. The van der Waals surface area contributed by atoms with Gasteiger partial charge in [-0.05, 0) is 64.6 Å². The Morgan fingerprint density at radius 2 is 2.08 bits per heavy atom. The summed E-state index contributed by atoms with van der Waals surface area (Å²) in [5.41, 5.74) is 10.4. The molecule has 198 valence electrons. The monoisotopic (exact) mass is 541 g/mol. The molecule has 0 aliphatic heterocycles. The first-order valence-corrected chi connectivity index (χ1v) is 11.7. The molecule has 1 aromatic carbocycles. The number of benzene rings is 1. The predicted octanol–water partition coefficient (Wildman–Crippen LogP) is 4.86. The number of rotatable bonds is 10. The smallest absolute Gasteiger partial charge is 0.408 e. The number of alkyl halides is 2. The first-order chi connectivity index (χ1) is 18.1. The zero-order chi connectivity index (χ0) is 27.7. The Balaban J connectivity index is 1.80. The van der Waals surface area contributed by atoms with Crippen molar-refractivity contribution in [3.63, 3.8) is 0 Å². The van der Waals surface area contributed by atoms with Crippen LogP contribution in [-0.4, -0.2) is 32.7 Å². The molecule has 0 aliphatic rings. The van der Waals surface area contributed by atoms with E-state index < -0.39 is 11.8 Å². The number of aromatic amines is 1. The lowest BCUT2D eigenvalue weighted by molar-refractivity contribution is -0.129. The van der Waals surface area contributed by atoms with Crippen LogP contribution in [0.25, 0.3) is 16.6 Å². The van der Waals surface area contributed by atoms with Crippen LogP contribution in [-0.2, 0) is 4.74 Å². The van der Waals surface area contributed by atoms with Crippen LogP contribution in [0.5, 0.6) is 5.75 Å². The van der Waals surface area contributed by atoms with Crippen molar-refractivity contribution in [1.82, 2.24) is 20.4 Å². The van der Waals surface area contributed by atoms with Crippen molar-refractivity contribution >= 4 is 43.7 Å². The number of hydroxylamine groups is 1. The topological polar surface area (TPSA) is 140 Å². The molecule has 0 radical (unpaired) electrons. The SMILES string of the molecule is C=CN=C(N)NOc1cccc2[nH]c(NC(=O)c3cncc(/C(C)=C/C(=C\C=C/C)OC(F)(F)P)c3)nc12. The zero-order valence-corrected chi connectivity index (χ0v) is 21.7. The number of imidazole rings is 1. The molecule has 5 N–H and O–H groups in total. The summed E-state index contributed by atoms with van der Waals surface area (Å²) in [5, 5.41) is 2.68. The molecule has 0 saturated heterocycles. The van der Waals surface area contributed by atoms with Crippen molar-refractivity contribution in [2.24, 2.45) is 10.7 Å². The minimum absolute atomic E-state index is 0.00362. The van der Waals surface area contributed by atoms with Crippen molar-refractivity contribution in [2.45, 2.75) is 19.7 Å². The third kappa shape index (κ3) is 7.97. The van der Waals surface area contributed by atoms with Crippen LogP contribution in [0.15, 0.2) is 84.5 Å². The van der Waals surface area contributed by atoms with Crippen LogP contribution in [0.2, 0.25) is 0 Å².